The van der Waals surface area contributed by atoms with Gasteiger partial charge >= 0.3 is 5.97 Å². The molecule has 5 heterocycles. The molecule has 4 aliphatic rings. The fraction of sp³-hybridized carbons (Fsp3) is 0.500. The fourth-order valence-electron chi connectivity index (χ4n) is 8.66. The summed E-state index contributed by atoms with van der Waals surface area (Å²) in [5, 5.41) is 159. The molecule has 4 aromatic rings. The highest BCUT2D eigenvalue weighted by Gasteiger charge is 2.53. The molecule has 1 aromatic heterocycles. The summed E-state index contributed by atoms with van der Waals surface area (Å²) in [5.41, 5.74) is -1.17. The third kappa shape index (κ3) is 11.7. The van der Waals surface area contributed by atoms with E-state index in [1.54, 1.807) is 0 Å². The van der Waals surface area contributed by atoms with Crippen LogP contribution in [0.4, 0.5) is 0 Å². The molecule has 0 saturated carbocycles. The standard InChI is InChI=1S/C48H56O27/c1-17-30(55)35(60)38(63)45(67-17)66-16-27-32(57)37(62)44(75-46-39(64)36(61)31(56)25(14-49)70-46)48(72-27)74-43-34(59)29-23(53)12-22(13-24(29)69-41(43)19-5-9-21(52)10-6-19)68-47-40(65)42(33(58)26(15-50)71-47)73-28(54)11-4-18-2-7-20(51)8-3-18/h2-13,17,25-27,30-33,35-40,42,44-53,55-58,60-65H,14-16H2,1H3/b11-4+/t17-,25+,26+,27+,30-,31+,32+,33+,35+,36-,37-,38+,39+,40+,42-,44+,45+,46-,47+,48-/m0/s1. The molecule has 15 N–H and O–H groups in total. The normalized spacial score (nSPS) is 36.3. The van der Waals surface area contributed by atoms with Crippen molar-refractivity contribution in [3.63, 3.8) is 0 Å². The van der Waals surface area contributed by atoms with Crippen molar-refractivity contribution in [1.29, 1.82) is 0 Å². The molecule has 0 unspecified atom stereocenters. The van der Waals surface area contributed by atoms with Crippen molar-refractivity contribution in [1.82, 2.24) is 0 Å². The molecule has 0 spiro atoms. The Bertz CT molecular complexity index is 2660. The molecule has 4 fully saturated rings. The third-order valence-electron chi connectivity index (χ3n) is 12.9. The van der Waals surface area contributed by atoms with Crippen molar-refractivity contribution in [3.8, 4) is 40.1 Å². The molecule has 27 heteroatoms. The van der Waals surface area contributed by atoms with E-state index in [-0.39, 0.29) is 22.8 Å². The number of phenols is 3. The molecule has 27 nitrogen and oxygen atoms in total. The van der Waals surface area contributed by atoms with Gasteiger partial charge in [0.15, 0.2) is 36.7 Å². The Kier molecular flexibility index (Phi) is 17.3. The van der Waals surface area contributed by atoms with E-state index >= 15 is 0 Å². The van der Waals surface area contributed by atoms with Crippen LogP contribution >= 0.6 is 0 Å². The fourth-order valence-corrected chi connectivity index (χ4v) is 8.66. The first kappa shape index (κ1) is 55.6. The Hall–Kier alpha value is -5.64. The number of phenolic OH excluding ortho intramolecular Hbond substituents is 3. The molecule has 4 aliphatic heterocycles. The average molecular weight is 1060 g/mol. The van der Waals surface area contributed by atoms with E-state index < -0.39 is 182 Å². The Labute approximate surface area is 422 Å². The Balaban J connectivity index is 1.12. The van der Waals surface area contributed by atoms with Gasteiger partial charge in [0.1, 0.15) is 107 Å². The summed E-state index contributed by atoms with van der Waals surface area (Å²) < 4.78 is 57.6. The zero-order valence-electron chi connectivity index (χ0n) is 39.2. The highest BCUT2D eigenvalue weighted by Crippen LogP contribution is 2.40. The minimum absolute atomic E-state index is 0.0106. The van der Waals surface area contributed by atoms with Gasteiger partial charge in [0.25, 0.3) is 0 Å². The van der Waals surface area contributed by atoms with E-state index in [1.165, 1.54) is 61.5 Å². The predicted molar refractivity (Wildman–Crippen MR) is 245 cm³/mol. The van der Waals surface area contributed by atoms with Crippen molar-refractivity contribution in [2.75, 3.05) is 19.8 Å². The monoisotopic (exact) mass is 1060 g/mol. The number of aliphatic hydroxyl groups excluding tert-OH is 12. The summed E-state index contributed by atoms with van der Waals surface area (Å²) in [6.07, 6.45) is -34.0. The molecule has 0 amide bonds. The number of esters is 1. The smallest absolute Gasteiger partial charge is 0.331 e. The van der Waals surface area contributed by atoms with Crippen molar-refractivity contribution in [3.05, 3.63) is 82.5 Å². The van der Waals surface area contributed by atoms with Crippen LogP contribution in [0.3, 0.4) is 0 Å². The third-order valence-corrected chi connectivity index (χ3v) is 12.9. The van der Waals surface area contributed by atoms with Crippen molar-refractivity contribution in [2.45, 2.75) is 130 Å². The topological polar surface area (TPSA) is 434 Å². The Morgan fingerprint density at radius 3 is 1.85 bits per heavy atom. The quantitative estimate of drug-likeness (QED) is 0.0397. The molecule has 0 radical (unpaired) electrons. The minimum Gasteiger partial charge on any atom is -0.508 e. The van der Waals surface area contributed by atoms with Crippen molar-refractivity contribution >= 4 is 23.0 Å². The second kappa shape index (κ2) is 23.3. The van der Waals surface area contributed by atoms with Crippen LogP contribution < -0.4 is 14.9 Å². The van der Waals surface area contributed by atoms with Gasteiger partial charge in [-0.25, -0.2) is 4.79 Å². The molecule has 3 aromatic carbocycles. The number of carbonyl (C=O) groups excluding carboxylic acids is 1. The predicted octanol–water partition coefficient (Wildman–Crippen LogP) is -4.13. The Morgan fingerprint density at radius 2 is 1.19 bits per heavy atom. The number of aromatic hydroxyl groups is 3. The maximum atomic E-state index is 14.8. The lowest BCUT2D eigenvalue weighted by atomic mass is 9.97. The maximum Gasteiger partial charge on any atom is 0.331 e. The summed E-state index contributed by atoms with van der Waals surface area (Å²) >= 11 is 0. The lowest BCUT2D eigenvalue weighted by molar-refractivity contribution is -0.362. The number of fused-ring (bicyclic) bond motifs is 1. The number of benzene rings is 3. The second-order valence-corrected chi connectivity index (χ2v) is 18.1. The van der Waals surface area contributed by atoms with Gasteiger partial charge in [0, 0.05) is 23.8 Å². The van der Waals surface area contributed by atoms with Crippen LogP contribution in [0.15, 0.2) is 76.0 Å². The molecular formula is C48H56O27. The van der Waals surface area contributed by atoms with Gasteiger partial charge in [0.05, 0.1) is 25.9 Å². The summed E-state index contributed by atoms with van der Waals surface area (Å²) in [6, 6.07) is 12.6. The number of carbonyl (C=O) groups is 1. The van der Waals surface area contributed by atoms with Crippen LogP contribution in [0.1, 0.15) is 12.5 Å². The van der Waals surface area contributed by atoms with Gasteiger partial charge < -0.3 is 124 Å². The van der Waals surface area contributed by atoms with E-state index in [0.717, 1.165) is 18.2 Å². The van der Waals surface area contributed by atoms with Crippen LogP contribution in [-0.4, -0.2) is 225 Å². The van der Waals surface area contributed by atoms with Crippen LogP contribution in [0.25, 0.3) is 28.4 Å². The second-order valence-electron chi connectivity index (χ2n) is 18.1. The van der Waals surface area contributed by atoms with E-state index in [9.17, 15) is 86.2 Å². The highest BCUT2D eigenvalue weighted by molar-refractivity contribution is 5.89. The van der Waals surface area contributed by atoms with E-state index in [0.29, 0.717) is 5.56 Å². The van der Waals surface area contributed by atoms with Gasteiger partial charge in [0.2, 0.25) is 23.8 Å². The molecule has 410 valence electrons. The molecule has 4 saturated heterocycles. The van der Waals surface area contributed by atoms with Crippen LogP contribution in [0.2, 0.25) is 0 Å². The number of hydrogen-bond acceptors (Lipinski definition) is 27. The maximum absolute atomic E-state index is 14.8. The lowest BCUT2D eigenvalue weighted by Crippen LogP contribution is -2.65. The summed E-state index contributed by atoms with van der Waals surface area (Å²) in [5.74, 6) is -3.88. The molecule has 0 bridgehead atoms. The SMILES string of the molecule is C[C@@H]1O[C@@H](OC[C@H]2O[C@@H](Oc3c(-c4ccc(O)cc4)oc4cc(O[C@@H]5O[C@H](CO)[C@@H](O)[C@H](OC(=O)/C=C/c6ccc(O)cc6)[C@H]5O)cc(O)c4c3=O)[C@H](O[C@@H]3O[C@H](CO)[C@@H](O)[C@H](O)[C@H]3O)[C@@H](O)[C@@H]2O)[C@H](O)[C@H](O)[C@H]1O. The molecule has 20 atom stereocenters. The summed E-state index contributed by atoms with van der Waals surface area (Å²) in [6.45, 7) is -1.17. The van der Waals surface area contributed by atoms with Gasteiger partial charge in [-0.2, -0.15) is 0 Å². The van der Waals surface area contributed by atoms with Crippen LogP contribution in [0, 0.1) is 0 Å². The Morgan fingerprint density at radius 1 is 0.600 bits per heavy atom. The van der Waals surface area contributed by atoms with E-state index in [4.69, 9.17) is 47.0 Å². The van der Waals surface area contributed by atoms with Crippen LogP contribution in [-0.2, 0) is 38.0 Å². The van der Waals surface area contributed by atoms with E-state index in [2.05, 4.69) is 0 Å². The molecule has 0 aliphatic carbocycles. The van der Waals surface area contributed by atoms with Crippen molar-refractivity contribution < 1.29 is 128 Å². The summed E-state index contributed by atoms with van der Waals surface area (Å²) in [7, 11) is 0. The first-order valence-corrected chi connectivity index (χ1v) is 23.2. The first-order chi connectivity index (χ1) is 35.7. The van der Waals surface area contributed by atoms with Gasteiger partial charge in [-0.1, -0.05) is 12.1 Å². The van der Waals surface area contributed by atoms with Crippen LogP contribution in [0.5, 0.6) is 28.7 Å². The largest absolute Gasteiger partial charge is 0.508 e. The average Bonchev–Trinajstić information content (AvgIpc) is 3.39. The summed E-state index contributed by atoms with van der Waals surface area (Å²) in [4.78, 5) is 27.6. The van der Waals surface area contributed by atoms with Gasteiger partial charge in [-0.15, -0.1) is 0 Å². The molecular weight excluding hydrogens is 1010 g/mol. The number of hydrogen-bond donors (Lipinski definition) is 15. The van der Waals surface area contributed by atoms with Gasteiger partial charge in [-0.05, 0) is 55.0 Å². The molecule has 75 heavy (non-hydrogen) atoms. The lowest BCUT2D eigenvalue weighted by Gasteiger charge is -2.46. The zero-order chi connectivity index (χ0) is 54.2. The number of rotatable bonds is 15. The first-order valence-electron chi connectivity index (χ1n) is 23.2. The minimum atomic E-state index is -2.17. The number of ether oxygens (including phenoxy) is 9. The number of aliphatic hydroxyl groups is 12. The van der Waals surface area contributed by atoms with E-state index in [1.807, 2.05) is 0 Å². The molecule has 8 rings (SSSR count). The zero-order valence-corrected chi connectivity index (χ0v) is 39.2. The van der Waals surface area contributed by atoms with Crippen molar-refractivity contribution in [2.24, 2.45) is 0 Å². The highest BCUT2D eigenvalue weighted by atomic mass is 16.8. The van der Waals surface area contributed by atoms with Gasteiger partial charge in [-0.3, -0.25) is 4.79 Å².